The van der Waals surface area contributed by atoms with Gasteiger partial charge in [-0.3, -0.25) is 4.68 Å². The highest BCUT2D eigenvalue weighted by atomic mass is 35.5. The lowest BCUT2D eigenvalue weighted by Crippen LogP contribution is -2.17. The summed E-state index contributed by atoms with van der Waals surface area (Å²) in [4.78, 5) is 0. The third kappa shape index (κ3) is 3.14. The van der Waals surface area contributed by atoms with Crippen LogP contribution >= 0.6 is 11.6 Å². The number of hydrogen-bond acceptors (Lipinski definition) is 2. The summed E-state index contributed by atoms with van der Waals surface area (Å²) in [6, 6.07) is 6.57. The van der Waals surface area contributed by atoms with Crippen molar-refractivity contribution in [3.8, 4) is 0 Å². The molecule has 3 nitrogen and oxygen atoms in total. The van der Waals surface area contributed by atoms with Gasteiger partial charge in [0.05, 0.1) is 22.5 Å². The predicted octanol–water partition coefficient (Wildman–Crippen LogP) is 3.02. The zero-order valence-electron chi connectivity index (χ0n) is 11.0. The molecule has 0 fully saturated rings. The molecule has 1 unspecified atom stereocenters. The normalized spacial score (nSPS) is 12.7. The number of benzene rings is 1. The second kappa shape index (κ2) is 5.72. The van der Waals surface area contributed by atoms with Gasteiger partial charge in [-0.1, -0.05) is 24.6 Å². The van der Waals surface area contributed by atoms with Crippen LogP contribution in [0.5, 0.6) is 0 Å². The summed E-state index contributed by atoms with van der Waals surface area (Å²) in [5.41, 5.74) is 8.96. The molecule has 0 amide bonds. The first kappa shape index (κ1) is 14.0. The molecule has 0 bridgehead atoms. The van der Waals surface area contributed by atoms with Crippen LogP contribution in [0, 0.1) is 5.82 Å². The standard InChI is InChI=1S/C14H17ClFN3/c1-3-10-8-14(19(2)18-10)13(17)7-9-4-5-11(15)12(16)6-9/h4-6,8,13H,3,7,17H2,1-2H3. The van der Waals surface area contributed by atoms with Crippen molar-refractivity contribution in [2.24, 2.45) is 12.8 Å². The number of aromatic nitrogens is 2. The molecule has 0 radical (unpaired) electrons. The molecule has 5 heteroatoms. The Morgan fingerprint density at radius 3 is 2.74 bits per heavy atom. The lowest BCUT2D eigenvalue weighted by molar-refractivity contribution is 0.603. The van der Waals surface area contributed by atoms with Gasteiger partial charge < -0.3 is 5.73 Å². The van der Waals surface area contributed by atoms with E-state index in [0.717, 1.165) is 23.4 Å². The predicted molar refractivity (Wildman–Crippen MR) is 74.6 cm³/mol. The summed E-state index contributed by atoms with van der Waals surface area (Å²) in [5, 5.41) is 4.50. The SMILES string of the molecule is CCc1cc(C(N)Cc2ccc(Cl)c(F)c2)n(C)n1. The smallest absolute Gasteiger partial charge is 0.142 e. The monoisotopic (exact) mass is 281 g/mol. The molecule has 0 saturated heterocycles. The van der Waals surface area contributed by atoms with Crippen LogP contribution in [0.15, 0.2) is 24.3 Å². The quantitative estimate of drug-likeness (QED) is 0.936. The van der Waals surface area contributed by atoms with Crippen molar-refractivity contribution in [2.75, 3.05) is 0 Å². The van der Waals surface area contributed by atoms with E-state index in [1.807, 2.05) is 20.0 Å². The number of nitrogens with two attached hydrogens (primary N) is 1. The topological polar surface area (TPSA) is 43.8 Å². The Morgan fingerprint density at radius 2 is 2.16 bits per heavy atom. The van der Waals surface area contributed by atoms with E-state index in [4.69, 9.17) is 17.3 Å². The molecular formula is C14H17ClFN3. The minimum Gasteiger partial charge on any atom is -0.322 e. The minimum absolute atomic E-state index is 0.131. The Bertz CT molecular complexity index is 580. The Balaban J connectivity index is 2.17. The zero-order valence-corrected chi connectivity index (χ0v) is 11.8. The number of rotatable bonds is 4. The van der Waals surface area contributed by atoms with Gasteiger partial charge in [-0.05, 0) is 36.6 Å². The zero-order chi connectivity index (χ0) is 14.0. The average Bonchev–Trinajstić information content (AvgIpc) is 2.75. The Kier molecular flexibility index (Phi) is 4.22. The molecule has 0 aliphatic rings. The van der Waals surface area contributed by atoms with Gasteiger partial charge in [-0.25, -0.2) is 4.39 Å². The lowest BCUT2D eigenvalue weighted by Gasteiger charge is -2.12. The molecule has 2 aromatic rings. The van der Waals surface area contributed by atoms with Crippen LogP contribution in [0.2, 0.25) is 5.02 Å². The molecule has 1 atom stereocenters. The summed E-state index contributed by atoms with van der Waals surface area (Å²) < 4.78 is 15.2. The van der Waals surface area contributed by atoms with Gasteiger partial charge >= 0.3 is 0 Å². The largest absolute Gasteiger partial charge is 0.322 e. The Morgan fingerprint density at radius 1 is 1.42 bits per heavy atom. The van der Waals surface area contributed by atoms with E-state index in [0.29, 0.717) is 6.42 Å². The van der Waals surface area contributed by atoms with Crippen LogP contribution in [0.25, 0.3) is 0 Å². The van der Waals surface area contributed by atoms with E-state index in [1.165, 1.54) is 6.07 Å². The highest BCUT2D eigenvalue weighted by Gasteiger charge is 2.14. The first-order valence-corrected chi connectivity index (χ1v) is 6.61. The average molecular weight is 282 g/mol. The number of hydrogen-bond donors (Lipinski definition) is 1. The van der Waals surface area contributed by atoms with Crippen LogP contribution in [0.3, 0.4) is 0 Å². The van der Waals surface area contributed by atoms with Crippen molar-refractivity contribution < 1.29 is 4.39 Å². The van der Waals surface area contributed by atoms with E-state index in [-0.39, 0.29) is 11.1 Å². The fraction of sp³-hybridized carbons (Fsp3) is 0.357. The van der Waals surface area contributed by atoms with Crippen LogP contribution in [0.1, 0.15) is 29.9 Å². The fourth-order valence-corrected chi connectivity index (χ4v) is 2.21. The number of nitrogens with zero attached hydrogens (tertiary/aromatic N) is 2. The molecule has 2 N–H and O–H groups in total. The summed E-state index contributed by atoms with van der Waals surface area (Å²) in [6.45, 7) is 2.05. The van der Waals surface area contributed by atoms with Crippen molar-refractivity contribution in [1.29, 1.82) is 0 Å². The van der Waals surface area contributed by atoms with Gasteiger partial charge in [0.1, 0.15) is 5.82 Å². The number of aryl methyl sites for hydroxylation is 2. The lowest BCUT2D eigenvalue weighted by atomic mass is 10.0. The third-order valence-corrected chi connectivity index (χ3v) is 3.45. The maximum Gasteiger partial charge on any atom is 0.142 e. The van der Waals surface area contributed by atoms with Gasteiger partial charge in [0.15, 0.2) is 0 Å². The molecule has 0 aliphatic carbocycles. The first-order chi connectivity index (χ1) is 9.01. The number of halogens is 2. The fourth-order valence-electron chi connectivity index (χ4n) is 2.09. The first-order valence-electron chi connectivity index (χ1n) is 6.23. The molecule has 2 rings (SSSR count). The molecule has 19 heavy (non-hydrogen) atoms. The maximum absolute atomic E-state index is 13.4. The van der Waals surface area contributed by atoms with Gasteiger partial charge in [0, 0.05) is 7.05 Å². The van der Waals surface area contributed by atoms with Gasteiger partial charge in [-0.2, -0.15) is 5.10 Å². The maximum atomic E-state index is 13.4. The highest BCUT2D eigenvalue weighted by Crippen LogP contribution is 2.20. The van der Waals surface area contributed by atoms with E-state index in [1.54, 1.807) is 16.8 Å². The van der Waals surface area contributed by atoms with Crippen molar-refractivity contribution in [3.05, 3.63) is 52.1 Å². The molecular weight excluding hydrogens is 265 g/mol. The van der Waals surface area contributed by atoms with Gasteiger partial charge in [0.2, 0.25) is 0 Å². The van der Waals surface area contributed by atoms with Crippen molar-refractivity contribution in [2.45, 2.75) is 25.8 Å². The molecule has 0 aliphatic heterocycles. The third-order valence-electron chi connectivity index (χ3n) is 3.15. The highest BCUT2D eigenvalue weighted by molar-refractivity contribution is 6.30. The van der Waals surface area contributed by atoms with E-state index >= 15 is 0 Å². The molecule has 102 valence electrons. The summed E-state index contributed by atoms with van der Waals surface area (Å²) in [5.74, 6) is -0.411. The Labute approximate surface area is 117 Å². The summed E-state index contributed by atoms with van der Waals surface area (Å²) in [6.07, 6.45) is 1.42. The Hall–Kier alpha value is -1.39. The molecule has 1 aromatic heterocycles. The summed E-state index contributed by atoms with van der Waals surface area (Å²) in [7, 11) is 1.87. The molecule has 0 saturated carbocycles. The van der Waals surface area contributed by atoms with Crippen LogP contribution < -0.4 is 5.73 Å². The molecule has 1 aromatic carbocycles. The van der Waals surface area contributed by atoms with Gasteiger partial charge in [-0.15, -0.1) is 0 Å². The minimum atomic E-state index is -0.411. The molecule has 1 heterocycles. The van der Waals surface area contributed by atoms with Crippen molar-refractivity contribution >= 4 is 11.6 Å². The van der Waals surface area contributed by atoms with E-state index < -0.39 is 5.82 Å². The molecule has 0 spiro atoms. The van der Waals surface area contributed by atoms with E-state index in [9.17, 15) is 4.39 Å². The van der Waals surface area contributed by atoms with Crippen molar-refractivity contribution in [1.82, 2.24) is 9.78 Å². The van der Waals surface area contributed by atoms with Crippen molar-refractivity contribution in [3.63, 3.8) is 0 Å². The van der Waals surface area contributed by atoms with E-state index in [2.05, 4.69) is 5.10 Å². The second-order valence-corrected chi connectivity index (χ2v) is 5.00. The van der Waals surface area contributed by atoms with Crippen LogP contribution in [-0.2, 0) is 19.9 Å². The van der Waals surface area contributed by atoms with Crippen LogP contribution in [0.4, 0.5) is 4.39 Å². The van der Waals surface area contributed by atoms with Crippen LogP contribution in [-0.4, -0.2) is 9.78 Å². The van der Waals surface area contributed by atoms with Gasteiger partial charge in [0.25, 0.3) is 0 Å². The second-order valence-electron chi connectivity index (χ2n) is 4.60. The summed E-state index contributed by atoms with van der Waals surface area (Å²) >= 11 is 5.66.